The van der Waals surface area contributed by atoms with Crippen molar-refractivity contribution in [2.75, 3.05) is 32.7 Å². The van der Waals surface area contributed by atoms with E-state index in [9.17, 15) is 4.79 Å². The van der Waals surface area contributed by atoms with Gasteiger partial charge in [0.2, 0.25) is 0 Å². The third kappa shape index (κ3) is 4.97. The van der Waals surface area contributed by atoms with Crippen LogP contribution in [0.2, 0.25) is 0 Å². The van der Waals surface area contributed by atoms with E-state index in [4.69, 9.17) is 4.74 Å². The second-order valence-electron chi connectivity index (χ2n) is 7.27. The lowest BCUT2D eigenvalue weighted by Crippen LogP contribution is -2.51. The van der Waals surface area contributed by atoms with Crippen LogP contribution in [0.25, 0.3) is 0 Å². The van der Waals surface area contributed by atoms with Crippen LogP contribution in [0, 0.1) is 5.92 Å². The van der Waals surface area contributed by atoms with E-state index in [1.807, 2.05) is 25.7 Å². The normalized spacial score (nSPS) is 22.9. The van der Waals surface area contributed by atoms with Gasteiger partial charge in [-0.25, -0.2) is 4.79 Å². The zero-order valence-electron chi connectivity index (χ0n) is 13.4. The van der Waals surface area contributed by atoms with Gasteiger partial charge in [0.1, 0.15) is 5.60 Å². The predicted octanol–water partition coefficient (Wildman–Crippen LogP) is 3.12. The summed E-state index contributed by atoms with van der Waals surface area (Å²) in [5, 5.41) is 0. The Balaban J connectivity index is 1.70. The number of piperazine rings is 1. The minimum atomic E-state index is -0.393. The highest BCUT2D eigenvalue weighted by atomic mass is 16.6. The maximum absolute atomic E-state index is 12.0. The molecule has 1 aliphatic carbocycles. The molecule has 1 saturated heterocycles. The fourth-order valence-electron chi connectivity index (χ4n) is 3.17. The molecule has 0 N–H and O–H groups in total. The topological polar surface area (TPSA) is 32.8 Å². The zero-order valence-corrected chi connectivity index (χ0v) is 13.4. The van der Waals surface area contributed by atoms with Crippen LogP contribution in [0.3, 0.4) is 0 Å². The van der Waals surface area contributed by atoms with Gasteiger partial charge in [-0.3, -0.25) is 4.90 Å². The van der Waals surface area contributed by atoms with E-state index < -0.39 is 5.60 Å². The Hall–Kier alpha value is -0.770. The Morgan fingerprint density at radius 2 is 1.65 bits per heavy atom. The maximum Gasteiger partial charge on any atom is 0.410 e. The number of nitrogens with zero attached hydrogens (tertiary/aromatic N) is 2. The molecule has 0 bridgehead atoms. The Bertz CT molecular complexity index is 311. The summed E-state index contributed by atoms with van der Waals surface area (Å²) in [5.74, 6) is 0.886. The number of carbonyl (C=O) groups is 1. The summed E-state index contributed by atoms with van der Waals surface area (Å²) in [7, 11) is 0. The average Bonchev–Trinajstić information content (AvgIpc) is 2.39. The van der Waals surface area contributed by atoms with Gasteiger partial charge in [-0.05, 0) is 39.5 Å². The Morgan fingerprint density at radius 3 is 2.20 bits per heavy atom. The molecule has 1 aliphatic heterocycles. The van der Waals surface area contributed by atoms with E-state index in [0.29, 0.717) is 0 Å². The van der Waals surface area contributed by atoms with Crippen molar-refractivity contribution in [2.24, 2.45) is 5.92 Å². The molecule has 20 heavy (non-hydrogen) atoms. The van der Waals surface area contributed by atoms with Gasteiger partial charge in [0.15, 0.2) is 0 Å². The molecule has 0 radical (unpaired) electrons. The summed E-state index contributed by atoms with van der Waals surface area (Å²) < 4.78 is 5.43. The van der Waals surface area contributed by atoms with Crippen molar-refractivity contribution in [2.45, 2.75) is 58.5 Å². The smallest absolute Gasteiger partial charge is 0.410 e. The van der Waals surface area contributed by atoms with Gasteiger partial charge in [0, 0.05) is 32.7 Å². The number of amides is 1. The molecule has 4 nitrogen and oxygen atoms in total. The standard InChI is InChI=1S/C16H30N2O2/c1-16(2,3)20-15(19)18-11-9-17(10-12-18)13-14-7-5-4-6-8-14/h14H,4-13H2,1-3H3. The van der Waals surface area contributed by atoms with Crippen molar-refractivity contribution in [1.29, 1.82) is 0 Å². The maximum atomic E-state index is 12.0. The highest BCUT2D eigenvalue weighted by Gasteiger charge is 2.27. The van der Waals surface area contributed by atoms with Crippen LogP contribution in [0.1, 0.15) is 52.9 Å². The number of hydrogen-bond acceptors (Lipinski definition) is 3. The minimum absolute atomic E-state index is 0.158. The molecular weight excluding hydrogens is 252 g/mol. The van der Waals surface area contributed by atoms with E-state index in [0.717, 1.165) is 32.1 Å². The first kappa shape index (κ1) is 15.6. The molecule has 0 spiro atoms. The van der Waals surface area contributed by atoms with Crippen LogP contribution in [-0.4, -0.2) is 54.2 Å². The number of rotatable bonds is 2. The largest absolute Gasteiger partial charge is 0.444 e. The average molecular weight is 282 g/mol. The molecule has 0 aromatic carbocycles. The van der Waals surface area contributed by atoms with Crippen molar-refractivity contribution in [3.05, 3.63) is 0 Å². The molecular formula is C16H30N2O2. The summed E-state index contributed by atoms with van der Waals surface area (Å²) in [6.45, 7) is 10.6. The van der Waals surface area contributed by atoms with E-state index in [-0.39, 0.29) is 6.09 Å². The molecule has 116 valence electrons. The highest BCUT2D eigenvalue weighted by Crippen LogP contribution is 2.24. The van der Waals surface area contributed by atoms with Gasteiger partial charge < -0.3 is 9.64 Å². The van der Waals surface area contributed by atoms with Crippen molar-refractivity contribution >= 4 is 6.09 Å². The van der Waals surface area contributed by atoms with Crippen molar-refractivity contribution < 1.29 is 9.53 Å². The lowest BCUT2D eigenvalue weighted by atomic mass is 9.89. The third-order valence-corrected chi connectivity index (χ3v) is 4.27. The molecule has 1 amide bonds. The summed E-state index contributed by atoms with van der Waals surface area (Å²) >= 11 is 0. The first-order valence-electron chi connectivity index (χ1n) is 8.14. The van der Waals surface area contributed by atoms with E-state index in [1.54, 1.807) is 0 Å². The van der Waals surface area contributed by atoms with Crippen LogP contribution in [0.5, 0.6) is 0 Å². The van der Waals surface area contributed by atoms with Crippen LogP contribution in [-0.2, 0) is 4.74 Å². The number of hydrogen-bond donors (Lipinski definition) is 0. The van der Waals surface area contributed by atoms with Crippen LogP contribution < -0.4 is 0 Å². The van der Waals surface area contributed by atoms with Crippen molar-refractivity contribution in [1.82, 2.24) is 9.80 Å². The number of ether oxygens (including phenoxy) is 1. The molecule has 0 atom stereocenters. The quantitative estimate of drug-likeness (QED) is 0.780. The lowest BCUT2D eigenvalue weighted by molar-refractivity contribution is 0.0128. The van der Waals surface area contributed by atoms with Crippen molar-refractivity contribution in [3.63, 3.8) is 0 Å². The van der Waals surface area contributed by atoms with Crippen LogP contribution >= 0.6 is 0 Å². The first-order valence-corrected chi connectivity index (χ1v) is 8.14. The Labute approximate surface area is 123 Å². The molecule has 0 aromatic heterocycles. The van der Waals surface area contributed by atoms with E-state index in [2.05, 4.69) is 4.90 Å². The fraction of sp³-hybridized carbons (Fsp3) is 0.938. The lowest BCUT2D eigenvalue weighted by Gasteiger charge is -2.37. The second-order valence-corrected chi connectivity index (χ2v) is 7.27. The SMILES string of the molecule is CC(C)(C)OC(=O)N1CCN(CC2CCCCC2)CC1. The Morgan fingerprint density at radius 1 is 1.05 bits per heavy atom. The minimum Gasteiger partial charge on any atom is -0.444 e. The summed E-state index contributed by atoms with van der Waals surface area (Å²) in [5.41, 5.74) is -0.393. The van der Waals surface area contributed by atoms with E-state index in [1.165, 1.54) is 38.6 Å². The van der Waals surface area contributed by atoms with E-state index >= 15 is 0 Å². The molecule has 0 unspecified atom stereocenters. The van der Waals surface area contributed by atoms with Gasteiger partial charge in [-0.2, -0.15) is 0 Å². The van der Waals surface area contributed by atoms with Crippen LogP contribution in [0.4, 0.5) is 4.79 Å². The van der Waals surface area contributed by atoms with Gasteiger partial charge >= 0.3 is 6.09 Å². The molecule has 2 aliphatic rings. The monoisotopic (exact) mass is 282 g/mol. The predicted molar refractivity (Wildman–Crippen MR) is 80.8 cm³/mol. The number of carbonyl (C=O) groups excluding carboxylic acids is 1. The molecule has 1 heterocycles. The van der Waals surface area contributed by atoms with Gasteiger partial charge in [-0.15, -0.1) is 0 Å². The second kappa shape index (κ2) is 6.79. The Kier molecular flexibility index (Phi) is 5.30. The highest BCUT2D eigenvalue weighted by molar-refractivity contribution is 5.68. The van der Waals surface area contributed by atoms with Gasteiger partial charge in [-0.1, -0.05) is 19.3 Å². The summed E-state index contributed by atoms with van der Waals surface area (Å²) in [6, 6.07) is 0. The summed E-state index contributed by atoms with van der Waals surface area (Å²) in [4.78, 5) is 16.4. The summed E-state index contributed by atoms with van der Waals surface area (Å²) in [6.07, 6.45) is 6.86. The molecule has 2 fully saturated rings. The van der Waals surface area contributed by atoms with Crippen molar-refractivity contribution in [3.8, 4) is 0 Å². The molecule has 0 aromatic rings. The molecule has 1 saturated carbocycles. The van der Waals surface area contributed by atoms with Crippen LogP contribution in [0.15, 0.2) is 0 Å². The molecule has 2 rings (SSSR count). The zero-order chi connectivity index (χ0) is 14.6. The third-order valence-electron chi connectivity index (χ3n) is 4.27. The first-order chi connectivity index (χ1) is 9.44. The van der Waals surface area contributed by atoms with Gasteiger partial charge in [0.05, 0.1) is 0 Å². The fourth-order valence-corrected chi connectivity index (χ4v) is 3.17. The molecule has 4 heteroatoms. The van der Waals surface area contributed by atoms with Gasteiger partial charge in [0.25, 0.3) is 0 Å².